The molecule has 3 heterocycles. The summed E-state index contributed by atoms with van der Waals surface area (Å²) in [7, 11) is 1.84. The van der Waals surface area contributed by atoms with Crippen molar-refractivity contribution >= 4 is 5.82 Å². The minimum atomic E-state index is -4.59. The van der Waals surface area contributed by atoms with Gasteiger partial charge in [-0.2, -0.15) is 18.3 Å². The number of halogens is 3. The van der Waals surface area contributed by atoms with Crippen LogP contribution in [0.3, 0.4) is 0 Å². The maximum Gasteiger partial charge on any atom is 0.433 e. The number of alkyl halides is 3. The van der Waals surface area contributed by atoms with Crippen LogP contribution in [0.1, 0.15) is 42.0 Å². The molecule has 28 heavy (non-hydrogen) atoms. The van der Waals surface area contributed by atoms with Gasteiger partial charge in [0.1, 0.15) is 11.5 Å². The predicted molar refractivity (Wildman–Crippen MR) is 99.6 cm³/mol. The van der Waals surface area contributed by atoms with Crippen molar-refractivity contribution in [2.75, 3.05) is 5.32 Å². The van der Waals surface area contributed by atoms with Crippen LogP contribution < -0.4 is 5.32 Å². The van der Waals surface area contributed by atoms with Gasteiger partial charge in [-0.1, -0.05) is 13.0 Å². The molecule has 0 aromatic carbocycles. The van der Waals surface area contributed by atoms with E-state index in [4.69, 9.17) is 0 Å². The molecule has 0 aliphatic heterocycles. The van der Waals surface area contributed by atoms with Crippen LogP contribution in [-0.2, 0) is 13.2 Å². The van der Waals surface area contributed by atoms with Crippen molar-refractivity contribution in [1.82, 2.24) is 24.7 Å². The van der Waals surface area contributed by atoms with Crippen molar-refractivity contribution in [1.29, 1.82) is 0 Å². The van der Waals surface area contributed by atoms with Gasteiger partial charge in [-0.05, 0) is 32.4 Å². The molecule has 148 valence electrons. The van der Waals surface area contributed by atoms with Crippen LogP contribution in [0.4, 0.5) is 19.0 Å². The molecule has 0 bridgehead atoms. The standard InChI is InChI=1S/C19H21F3N6/c1-5-13(17-11(2)27-28(4)12(17)3)24-16-10-15(19(20,21)22)25-18(26-16)14-8-6-7-9-23-14/h6-10,13H,5H2,1-4H3,(H,24,25,26). The molecule has 3 rings (SSSR count). The third-order valence-electron chi connectivity index (χ3n) is 4.55. The minimum absolute atomic E-state index is 0.0765. The molecule has 0 saturated heterocycles. The van der Waals surface area contributed by atoms with E-state index < -0.39 is 11.9 Å². The minimum Gasteiger partial charge on any atom is -0.363 e. The highest BCUT2D eigenvalue weighted by molar-refractivity contribution is 5.54. The zero-order valence-corrected chi connectivity index (χ0v) is 16.0. The number of nitrogens with zero attached hydrogens (tertiary/aromatic N) is 5. The van der Waals surface area contributed by atoms with E-state index in [9.17, 15) is 13.2 Å². The highest BCUT2D eigenvalue weighted by atomic mass is 19.4. The third kappa shape index (κ3) is 3.97. The van der Waals surface area contributed by atoms with Gasteiger partial charge in [-0.15, -0.1) is 0 Å². The van der Waals surface area contributed by atoms with Crippen LogP contribution in [0.25, 0.3) is 11.5 Å². The Morgan fingerprint density at radius 1 is 1.18 bits per heavy atom. The van der Waals surface area contributed by atoms with E-state index in [-0.39, 0.29) is 23.4 Å². The average Bonchev–Trinajstić information content (AvgIpc) is 2.91. The van der Waals surface area contributed by atoms with Gasteiger partial charge in [0.15, 0.2) is 11.5 Å². The number of aryl methyl sites for hydroxylation is 2. The number of hydrogen-bond acceptors (Lipinski definition) is 5. The lowest BCUT2D eigenvalue weighted by Crippen LogP contribution is -2.16. The second kappa shape index (κ2) is 7.57. The van der Waals surface area contributed by atoms with E-state index in [1.54, 1.807) is 22.9 Å². The normalized spacial score (nSPS) is 12.8. The first-order chi connectivity index (χ1) is 13.2. The van der Waals surface area contributed by atoms with E-state index in [1.165, 1.54) is 6.20 Å². The van der Waals surface area contributed by atoms with Crippen LogP contribution >= 0.6 is 0 Å². The molecule has 3 aromatic heterocycles. The highest BCUT2D eigenvalue weighted by Gasteiger charge is 2.34. The van der Waals surface area contributed by atoms with Gasteiger partial charge in [0, 0.05) is 30.6 Å². The van der Waals surface area contributed by atoms with Crippen LogP contribution in [0, 0.1) is 13.8 Å². The van der Waals surface area contributed by atoms with Crippen LogP contribution in [0.2, 0.25) is 0 Å². The van der Waals surface area contributed by atoms with E-state index in [2.05, 4.69) is 25.4 Å². The van der Waals surface area contributed by atoms with Crippen molar-refractivity contribution < 1.29 is 13.2 Å². The Hall–Kier alpha value is -2.97. The largest absolute Gasteiger partial charge is 0.433 e. The van der Waals surface area contributed by atoms with Crippen molar-refractivity contribution in [3.8, 4) is 11.5 Å². The number of rotatable bonds is 5. The molecule has 3 aromatic rings. The van der Waals surface area contributed by atoms with E-state index in [0.29, 0.717) is 6.42 Å². The molecule has 0 amide bonds. The number of aromatic nitrogens is 5. The number of pyridine rings is 1. The Bertz CT molecular complexity index is 966. The molecular weight excluding hydrogens is 369 g/mol. The fourth-order valence-corrected chi connectivity index (χ4v) is 3.13. The summed E-state index contributed by atoms with van der Waals surface area (Å²) in [6.07, 6.45) is -2.45. The monoisotopic (exact) mass is 390 g/mol. The first-order valence-corrected chi connectivity index (χ1v) is 8.85. The third-order valence-corrected chi connectivity index (χ3v) is 4.55. The zero-order chi connectivity index (χ0) is 20.5. The number of anilines is 1. The molecule has 0 aliphatic carbocycles. The highest BCUT2D eigenvalue weighted by Crippen LogP contribution is 2.32. The summed E-state index contributed by atoms with van der Waals surface area (Å²) >= 11 is 0. The Labute approximate surface area is 160 Å². The molecule has 0 radical (unpaired) electrons. The quantitative estimate of drug-likeness (QED) is 0.696. The maximum atomic E-state index is 13.4. The Kier molecular flexibility index (Phi) is 5.35. The van der Waals surface area contributed by atoms with Crippen LogP contribution in [0.5, 0.6) is 0 Å². The molecule has 9 heteroatoms. The summed E-state index contributed by atoms with van der Waals surface area (Å²) in [5.74, 6) is 0.0184. The van der Waals surface area contributed by atoms with Gasteiger partial charge in [-0.25, -0.2) is 9.97 Å². The van der Waals surface area contributed by atoms with E-state index >= 15 is 0 Å². The Morgan fingerprint density at radius 3 is 2.46 bits per heavy atom. The summed E-state index contributed by atoms with van der Waals surface area (Å²) in [6.45, 7) is 5.77. The second-order valence-corrected chi connectivity index (χ2v) is 6.49. The summed E-state index contributed by atoms with van der Waals surface area (Å²) < 4.78 is 41.9. The SMILES string of the molecule is CCC(Nc1cc(C(F)(F)F)nc(-c2ccccn2)n1)c1c(C)nn(C)c1C. The van der Waals surface area contributed by atoms with Crippen molar-refractivity contribution in [3.05, 3.63) is 53.1 Å². The molecule has 6 nitrogen and oxygen atoms in total. The lowest BCUT2D eigenvalue weighted by Gasteiger charge is -2.20. The van der Waals surface area contributed by atoms with Crippen molar-refractivity contribution in [2.24, 2.45) is 7.05 Å². The van der Waals surface area contributed by atoms with Crippen molar-refractivity contribution in [3.63, 3.8) is 0 Å². The van der Waals surface area contributed by atoms with Gasteiger partial charge in [0.2, 0.25) is 0 Å². The second-order valence-electron chi connectivity index (χ2n) is 6.49. The van der Waals surface area contributed by atoms with Gasteiger partial charge in [-0.3, -0.25) is 9.67 Å². The zero-order valence-electron chi connectivity index (χ0n) is 16.0. The smallest absolute Gasteiger partial charge is 0.363 e. The molecule has 0 fully saturated rings. The molecule has 1 atom stereocenters. The van der Waals surface area contributed by atoms with E-state index in [1.807, 2.05) is 27.8 Å². The number of nitrogens with one attached hydrogen (secondary N) is 1. The fraction of sp³-hybridized carbons (Fsp3) is 0.368. The topological polar surface area (TPSA) is 68.5 Å². The molecule has 0 aliphatic rings. The first kappa shape index (κ1) is 19.8. The molecule has 0 spiro atoms. The van der Waals surface area contributed by atoms with Gasteiger partial charge >= 0.3 is 6.18 Å². The van der Waals surface area contributed by atoms with Crippen LogP contribution in [0.15, 0.2) is 30.5 Å². The Balaban J connectivity index is 2.05. The maximum absolute atomic E-state index is 13.4. The molecule has 0 saturated carbocycles. The summed E-state index contributed by atoms with van der Waals surface area (Å²) in [5.41, 5.74) is 2.00. The summed E-state index contributed by atoms with van der Waals surface area (Å²) in [6, 6.07) is 5.62. The van der Waals surface area contributed by atoms with Crippen molar-refractivity contribution in [2.45, 2.75) is 39.4 Å². The summed E-state index contributed by atoms with van der Waals surface area (Å²) in [5, 5.41) is 7.53. The van der Waals surface area contributed by atoms with Gasteiger partial charge in [0.05, 0.1) is 11.7 Å². The Morgan fingerprint density at radius 2 is 1.93 bits per heavy atom. The molecule has 1 unspecified atom stereocenters. The number of hydrogen-bond donors (Lipinski definition) is 1. The molecular formula is C19H21F3N6. The predicted octanol–water partition coefficient (Wildman–Crippen LogP) is 4.47. The molecule has 1 N–H and O–H groups in total. The lowest BCUT2D eigenvalue weighted by molar-refractivity contribution is -0.141. The van der Waals surface area contributed by atoms with Crippen LogP contribution in [-0.4, -0.2) is 24.7 Å². The van der Waals surface area contributed by atoms with Gasteiger partial charge in [0.25, 0.3) is 0 Å². The average molecular weight is 390 g/mol. The first-order valence-electron chi connectivity index (χ1n) is 8.85. The lowest BCUT2D eigenvalue weighted by atomic mass is 10.0. The van der Waals surface area contributed by atoms with E-state index in [0.717, 1.165) is 23.0 Å². The summed E-state index contributed by atoms with van der Waals surface area (Å²) in [4.78, 5) is 12.0. The van der Waals surface area contributed by atoms with Gasteiger partial charge < -0.3 is 5.32 Å². The fourth-order valence-electron chi connectivity index (χ4n) is 3.13.